The van der Waals surface area contributed by atoms with Gasteiger partial charge in [0.2, 0.25) is 0 Å². The van der Waals surface area contributed by atoms with Gasteiger partial charge in [0, 0.05) is 0 Å². The van der Waals surface area contributed by atoms with Crippen LogP contribution in [0.15, 0.2) is 18.2 Å². The van der Waals surface area contributed by atoms with E-state index >= 15 is 0 Å². The molecule has 1 N–H and O–H groups in total. The molecule has 2 rings (SSSR count). The number of hydrogen-bond acceptors (Lipinski definition) is 4. The molecule has 6 nitrogen and oxygen atoms in total. The van der Waals surface area contributed by atoms with Crippen molar-refractivity contribution >= 4 is 17.0 Å². The zero-order valence-corrected chi connectivity index (χ0v) is 9.79. The summed E-state index contributed by atoms with van der Waals surface area (Å²) in [6.07, 6.45) is -2.51. The molecule has 0 aliphatic heterocycles. The van der Waals surface area contributed by atoms with E-state index in [-0.39, 0.29) is 18.7 Å². The molecule has 0 atom stereocenters. The van der Waals surface area contributed by atoms with Gasteiger partial charge in [0.1, 0.15) is 12.1 Å². The zero-order valence-electron chi connectivity index (χ0n) is 9.79. The number of ether oxygens (including phenoxy) is 1. The predicted octanol–water partition coefficient (Wildman–Crippen LogP) is 1.41. The number of aromatic nitrogens is 3. The van der Waals surface area contributed by atoms with Crippen LogP contribution in [0.5, 0.6) is 0 Å². The third kappa shape index (κ3) is 3.22. The second-order valence-corrected chi connectivity index (χ2v) is 3.79. The average molecular weight is 271 g/mol. The molecule has 0 amide bonds. The number of halogens is 2. The van der Waals surface area contributed by atoms with E-state index in [4.69, 9.17) is 9.84 Å². The molecule has 0 unspecified atom stereocenters. The number of rotatable bonds is 6. The molecule has 2 aromatic rings. The Morgan fingerprint density at radius 2 is 2.26 bits per heavy atom. The lowest BCUT2D eigenvalue weighted by Gasteiger charge is -2.04. The topological polar surface area (TPSA) is 77.2 Å². The second-order valence-electron chi connectivity index (χ2n) is 3.79. The highest BCUT2D eigenvalue weighted by atomic mass is 19.3. The minimum absolute atomic E-state index is 0.0557. The Morgan fingerprint density at radius 3 is 2.95 bits per heavy atom. The van der Waals surface area contributed by atoms with Gasteiger partial charge in [-0.3, -0.25) is 0 Å². The van der Waals surface area contributed by atoms with Gasteiger partial charge < -0.3 is 9.84 Å². The van der Waals surface area contributed by atoms with Crippen LogP contribution >= 0.6 is 0 Å². The summed E-state index contributed by atoms with van der Waals surface area (Å²) in [4.78, 5) is 10.9. The molecular formula is C11H11F2N3O3. The van der Waals surface area contributed by atoms with Gasteiger partial charge in [-0.05, 0) is 18.2 Å². The Balaban J connectivity index is 2.10. The summed E-state index contributed by atoms with van der Waals surface area (Å²) in [6, 6.07) is 4.41. The lowest BCUT2D eigenvalue weighted by atomic mass is 10.2. The van der Waals surface area contributed by atoms with Crippen molar-refractivity contribution in [3.8, 4) is 0 Å². The number of aromatic carboxylic acids is 1. The molecule has 0 spiro atoms. The number of nitrogens with zero attached hydrogens (tertiary/aromatic N) is 3. The maximum Gasteiger partial charge on any atom is 0.335 e. The summed E-state index contributed by atoms with van der Waals surface area (Å²) in [6.45, 7) is -0.348. The fraction of sp³-hybridized carbons (Fsp3) is 0.364. The molecular weight excluding hydrogens is 260 g/mol. The van der Waals surface area contributed by atoms with Crippen molar-refractivity contribution in [3.63, 3.8) is 0 Å². The van der Waals surface area contributed by atoms with Crippen molar-refractivity contribution in [2.75, 3.05) is 13.2 Å². The molecule has 0 fully saturated rings. The Bertz CT molecular complexity index is 586. The normalized spacial score (nSPS) is 11.3. The van der Waals surface area contributed by atoms with E-state index in [9.17, 15) is 13.6 Å². The molecule has 19 heavy (non-hydrogen) atoms. The molecule has 0 bridgehead atoms. The molecule has 0 radical (unpaired) electrons. The van der Waals surface area contributed by atoms with E-state index < -0.39 is 19.0 Å². The van der Waals surface area contributed by atoms with Gasteiger partial charge in [-0.25, -0.2) is 18.3 Å². The fourth-order valence-corrected chi connectivity index (χ4v) is 1.59. The fourth-order valence-electron chi connectivity index (χ4n) is 1.59. The predicted molar refractivity (Wildman–Crippen MR) is 61.3 cm³/mol. The van der Waals surface area contributed by atoms with Gasteiger partial charge in [0.25, 0.3) is 6.43 Å². The molecule has 102 valence electrons. The van der Waals surface area contributed by atoms with Crippen molar-refractivity contribution in [1.82, 2.24) is 15.0 Å². The van der Waals surface area contributed by atoms with Crippen LogP contribution in [0, 0.1) is 0 Å². The van der Waals surface area contributed by atoms with Crippen LogP contribution in [0.3, 0.4) is 0 Å². The highest BCUT2D eigenvalue weighted by molar-refractivity contribution is 5.92. The van der Waals surface area contributed by atoms with Crippen molar-refractivity contribution in [2.24, 2.45) is 0 Å². The van der Waals surface area contributed by atoms with Crippen LogP contribution in [0.1, 0.15) is 10.4 Å². The first-order valence-corrected chi connectivity index (χ1v) is 5.50. The molecule has 0 aliphatic carbocycles. The molecule has 1 aromatic carbocycles. The maximum atomic E-state index is 11.9. The average Bonchev–Trinajstić information content (AvgIpc) is 2.76. The summed E-state index contributed by atoms with van der Waals surface area (Å²) < 4.78 is 29.9. The smallest absolute Gasteiger partial charge is 0.335 e. The van der Waals surface area contributed by atoms with Gasteiger partial charge in [-0.15, -0.1) is 5.10 Å². The molecule has 8 heteroatoms. The van der Waals surface area contributed by atoms with Crippen LogP contribution in [-0.4, -0.2) is 45.7 Å². The Hall–Kier alpha value is -2.09. The third-order valence-electron chi connectivity index (χ3n) is 2.45. The number of alkyl halides is 2. The standard InChI is InChI=1S/C11H11F2N3O3/c12-10(13)6-19-4-3-16-9-5-7(11(17)18)1-2-8(9)14-15-16/h1-2,5,10H,3-4,6H2,(H,17,18). The Labute approximate surface area is 106 Å². The molecule has 1 aromatic heterocycles. The Kier molecular flexibility index (Phi) is 4.00. The van der Waals surface area contributed by atoms with Gasteiger partial charge in [-0.1, -0.05) is 5.21 Å². The van der Waals surface area contributed by atoms with Crippen LogP contribution < -0.4 is 0 Å². The minimum Gasteiger partial charge on any atom is -0.478 e. The number of fused-ring (bicyclic) bond motifs is 1. The van der Waals surface area contributed by atoms with Crippen molar-refractivity contribution in [1.29, 1.82) is 0 Å². The summed E-state index contributed by atoms with van der Waals surface area (Å²) in [7, 11) is 0. The largest absolute Gasteiger partial charge is 0.478 e. The zero-order chi connectivity index (χ0) is 13.8. The van der Waals surface area contributed by atoms with E-state index in [0.29, 0.717) is 11.0 Å². The molecule has 0 saturated heterocycles. The quantitative estimate of drug-likeness (QED) is 0.804. The summed E-state index contributed by atoms with van der Waals surface area (Å²) in [5.74, 6) is -1.05. The van der Waals surface area contributed by atoms with Crippen molar-refractivity contribution in [3.05, 3.63) is 23.8 Å². The van der Waals surface area contributed by atoms with E-state index in [2.05, 4.69) is 10.3 Å². The van der Waals surface area contributed by atoms with Gasteiger partial charge >= 0.3 is 5.97 Å². The first-order valence-electron chi connectivity index (χ1n) is 5.50. The van der Waals surface area contributed by atoms with E-state index in [1.807, 2.05) is 0 Å². The monoisotopic (exact) mass is 271 g/mol. The lowest BCUT2D eigenvalue weighted by molar-refractivity contribution is 0.0141. The SMILES string of the molecule is O=C(O)c1ccc2nnn(CCOCC(F)F)c2c1. The molecule has 1 heterocycles. The number of hydrogen-bond donors (Lipinski definition) is 1. The molecule has 0 aliphatic rings. The van der Waals surface area contributed by atoms with Crippen LogP contribution in [0.2, 0.25) is 0 Å². The van der Waals surface area contributed by atoms with E-state index in [0.717, 1.165) is 0 Å². The number of carboxylic acids is 1. The minimum atomic E-state index is -2.51. The number of carbonyl (C=O) groups is 1. The summed E-state index contributed by atoms with van der Waals surface area (Å²) in [5, 5.41) is 16.6. The lowest BCUT2D eigenvalue weighted by Crippen LogP contribution is -2.11. The van der Waals surface area contributed by atoms with Gasteiger partial charge in [0.15, 0.2) is 0 Å². The van der Waals surface area contributed by atoms with Crippen LogP contribution in [0.4, 0.5) is 8.78 Å². The van der Waals surface area contributed by atoms with Crippen molar-refractivity contribution in [2.45, 2.75) is 13.0 Å². The highest BCUT2D eigenvalue weighted by Gasteiger charge is 2.09. The van der Waals surface area contributed by atoms with E-state index in [1.165, 1.54) is 16.8 Å². The number of benzene rings is 1. The summed E-state index contributed by atoms with van der Waals surface area (Å²) >= 11 is 0. The van der Waals surface area contributed by atoms with E-state index in [1.54, 1.807) is 6.07 Å². The maximum absolute atomic E-state index is 11.9. The van der Waals surface area contributed by atoms with Crippen LogP contribution in [0.25, 0.3) is 11.0 Å². The van der Waals surface area contributed by atoms with Crippen LogP contribution in [-0.2, 0) is 11.3 Å². The summed E-state index contributed by atoms with van der Waals surface area (Å²) in [5.41, 5.74) is 1.18. The first-order chi connectivity index (χ1) is 9.08. The highest BCUT2D eigenvalue weighted by Crippen LogP contribution is 2.13. The van der Waals surface area contributed by atoms with Gasteiger partial charge in [-0.2, -0.15) is 0 Å². The van der Waals surface area contributed by atoms with Crippen molar-refractivity contribution < 1.29 is 23.4 Å². The molecule has 0 saturated carbocycles. The first kappa shape index (κ1) is 13.3. The second kappa shape index (κ2) is 5.70. The number of carboxylic acid groups (broad SMARTS) is 1. The van der Waals surface area contributed by atoms with Gasteiger partial charge in [0.05, 0.1) is 24.2 Å². The Morgan fingerprint density at radius 1 is 1.47 bits per heavy atom. The third-order valence-corrected chi connectivity index (χ3v) is 2.45.